The highest BCUT2D eigenvalue weighted by molar-refractivity contribution is 7.28. The number of anilines is 1. The number of aromatic nitrogens is 2. The molecule has 0 aliphatic rings. The van der Waals surface area contributed by atoms with Crippen LogP contribution in [0.5, 0.6) is 0 Å². The minimum atomic E-state index is -0.347. The first kappa shape index (κ1) is 15.9. The van der Waals surface area contributed by atoms with Crippen molar-refractivity contribution in [1.82, 2.24) is 15.3 Å². The van der Waals surface area contributed by atoms with Crippen LogP contribution in [0.4, 0.5) is 14.3 Å². The average Bonchev–Trinajstić information content (AvgIpc) is 3.16. The molecule has 8 heteroatoms. The quantitative estimate of drug-likeness (QED) is 0.549. The fraction of sp³-hybridized carbons (Fsp3) is 0.118. The Balaban J connectivity index is 1.49. The van der Waals surface area contributed by atoms with Crippen molar-refractivity contribution < 1.29 is 9.18 Å². The highest BCUT2D eigenvalue weighted by atomic mass is 32.1. The molecule has 126 valence electrons. The topological polar surface area (TPSA) is 66.9 Å². The lowest BCUT2D eigenvalue weighted by atomic mass is 10.2. The summed E-state index contributed by atoms with van der Waals surface area (Å²) in [6, 6.07) is 9.51. The molecule has 0 aliphatic heterocycles. The number of hydrogen-bond acceptors (Lipinski definition) is 5. The van der Waals surface area contributed by atoms with Crippen LogP contribution in [-0.2, 0) is 6.54 Å². The van der Waals surface area contributed by atoms with Gasteiger partial charge in [-0.05, 0) is 36.8 Å². The number of carbonyl (C=O) groups excluding carboxylic acids is 1. The summed E-state index contributed by atoms with van der Waals surface area (Å²) in [5, 5.41) is 7.02. The third kappa shape index (κ3) is 3.31. The lowest BCUT2D eigenvalue weighted by Gasteiger charge is -2.05. The third-order valence-corrected chi connectivity index (χ3v) is 5.74. The molecule has 0 atom stereocenters. The zero-order valence-electron chi connectivity index (χ0n) is 13.2. The Morgan fingerprint density at radius 1 is 1.04 bits per heavy atom. The number of carbonyl (C=O) groups is 1. The van der Waals surface area contributed by atoms with Gasteiger partial charge in [0.25, 0.3) is 0 Å². The van der Waals surface area contributed by atoms with Crippen molar-refractivity contribution in [3.8, 4) is 0 Å². The number of urea groups is 1. The minimum Gasteiger partial charge on any atom is -0.334 e. The number of nitrogens with one attached hydrogen (secondary N) is 2. The first-order chi connectivity index (χ1) is 12.1. The summed E-state index contributed by atoms with van der Waals surface area (Å²) in [4.78, 5) is 21.0. The summed E-state index contributed by atoms with van der Waals surface area (Å²) in [5.74, 6) is -0.299. The molecule has 0 saturated heterocycles. The van der Waals surface area contributed by atoms with E-state index < -0.39 is 0 Å². The number of benzene rings is 2. The van der Waals surface area contributed by atoms with E-state index in [1.807, 2.05) is 19.1 Å². The van der Waals surface area contributed by atoms with E-state index in [4.69, 9.17) is 0 Å². The van der Waals surface area contributed by atoms with Gasteiger partial charge in [0.05, 0.1) is 25.4 Å². The van der Waals surface area contributed by atoms with Gasteiger partial charge in [-0.1, -0.05) is 23.5 Å². The van der Waals surface area contributed by atoms with Gasteiger partial charge in [0.2, 0.25) is 0 Å². The van der Waals surface area contributed by atoms with Crippen LogP contribution in [0, 0.1) is 12.7 Å². The minimum absolute atomic E-state index is 0.299. The molecule has 2 aromatic heterocycles. The number of amides is 2. The molecule has 2 aromatic carbocycles. The third-order valence-electron chi connectivity index (χ3n) is 3.61. The molecule has 5 nitrogen and oxygen atoms in total. The monoisotopic (exact) mass is 372 g/mol. The van der Waals surface area contributed by atoms with Gasteiger partial charge in [-0.25, -0.2) is 19.2 Å². The maximum Gasteiger partial charge on any atom is 0.321 e. The van der Waals surface area contributed by atoms with Crippen LogP contribution in [0.25, 0.3) is 20.4 Å². The fourth-order valence-corrected chi connectivity index (χ4v) is 4.47. The lowest BCUT2D eigenvalue weighted by molar-refractivity contribution is 0.251. The SMILES string of the molecule is Cc1nc2ccc3nc(NC(=O)NCc4ccc(F)cc4)sc3c2s1. The number of nitrogens with zero attached hydrogens (tertiary/aromatic N) is 2. The molecular formula is C17H13FN4OS2. The molecule has 0 saturated carbocycles. The van der Waals surface area contributed by atoms with Crippen LogP contribution in [0.3, 0.4) is 0 Å². The Morgan fingerprint density at radius 3 is 2.48 bits per heavy atom. The molecule has 4 rings (SSSR count). The standard InChI is InChI=1S/C17H13FN4OS2/c1-9-20-12-6-7-13-15(14(12)24-9)25-17(21-13)22-16(23)19-8-10-2-4-11(18)5-3-10/h2-7H,8H2,1H3,(H2,19,21,22,23). The molecule has 0 fully saturated rings. The molecule has 4 aromatic rings. The van der Waals surface area contributed by atoms with E-state index in [1.54, 1.807) is 23.5 Å². The molecular weight excluding hydrogens is 359 g/mol. The Labute approximate surface area is 150 Å². The Hall–Kier alpha value is -2.58. The van der Waals surface area contributed by atoms with Gasteiger partial charge < -0.3 is 5.32 Å². The zero-order valence-corrected chi connectivity index (χ0v) is 14.8. The second-order valence-corrected chi connectivity index (χ2v) is 7.65. The number of thiazole rings is 2. The molecule has 2 amide bonds. The van der Waals surface area contributed by atoms with Gasteiger partial charge >= 0.3 is 6.03 Å². The first-order valence-electron chi connectivity index (χ1n) is 7.54. The van der Waals surface area contributed by atoms with E-state index in [2.05, 4.69) is 20.6 Å². The Kier molecular flexibility index (Phi) is 4.06. The van der Waals surface area contributed by atoms with Crippen LogP contribution >= 0.6 is 22.7 Å². The molecule has 25 heavy (non-hydrogen) atoms. The van der Waals surface area contributed by atoms with E-state index in [9.17, 15) is 9.18 Å². The smallest absolute Gasteiger partial charge is 0.321 e. The van der Waals surface area contributed by atoms with Crippen LogP contribution < -0.4 is 10.6 Å². The number of fused-ring (bicyclic) bond motifs is 3. The summed E-state index contributed by atoms with van der Waals surface area (Å²) in [5.41, 5.74) is 2.61. The van der Waals surface area contributed by atoms with Crippen molar-refractivity contribution >= 4 is 54.3 Å². The summed E-state index contributed by atoms with van der Waals surface area (Å²) in [6.07, 6.45) is 0. The molecule has 0 aliphatic carbocycles. The summed E-state index contributed by atoms with van der Waals surface area (Å²) >= 11 is 3.05. The van der Waals surface area contributed by atoms with Crippen molar-refractivity contribution in [2.45, 2.75) is 13.5 Å². The Morgan fingerprint density at radius 2 is 1.72 bits per heavy atom. The van der Waals surface area contributed by atoms with E-state index in [1.165, 1.54) is 23.5 Å². The molecule has 2 N–H and O–H groups in total. The van der Waals surface area contributed by atoms with Crippen LogP contribution in [0.2, 0.25) is 0 Å². The largest absolute Gasteiger partial charge is 0.334 e. The average molecular weight is 372 g/mol. The van der Waals surface area contributed by atoms with E-state index in [0.29, 0.717) is 11.7 Å². The van der Waals surface area contributed by atoms with Gasteiger partial charge in [-0.15, -0.1) is 11.3 Å². The van der Waals surface area contributed by atoms with E-state index >= 15 is 0 Å². The van der Waals surface area contributed by atoms with Gasteiger partial charge in [0.1, 0.15) is 5.82 Å². The maximum atomic E-state index is 12.9. The van der Waals surface area contributed by atoms with Crippen LogP contribution in [0.1, 0.15) is 10.6 Å². The van der Waals surface area contributed by atoms with Crippen molar-refractivity contribution in [3.63, 3.8) is 0 Å². The van der Waals surface area contributed by atoms with Gasteiger partial charge in [0.15, 0.2) is 5.13 Å². The number of aryl methyl sites for hydroxylation is 1. The molecule has 0 unspecified atom stereocenters. The van der Waals surface area contributed by atoms with Crippen molar-refractivity contribution in [2.75, 3.05) is 5.32 Å². The van der Waals surface area contributed by atoms with E-state index in [0.717, 1.165) is 31.0 Å². The molecule has 0 spiro atoms. The van der Waals surface area contributed by atoms with Gasteiger partial charge in [-0.3, -0.25) is 5.32 Å². The second kappa shape index (κ2) is 6.38. The zero-order chi connectivity index (χ0) is 17.4. The summed E-state index contributed by atoms with van der Waals surface area (Å²) in [6.45, 7) is 2.29. The lowest BCUT2D eigenvalue weighted by Crippen LogP contribution is -2.28. The van der Waals surface area contributed by atoms with Gasteiger partial charge in [0, 0.05) is 6.54 Å². The predicted molar refractivity (Wildman–Crippen MR) is 99.8 cm³/mol. The highest BCUT2D eigenvalue weighted by Crippen LogP contribution is 2.35. The summed E-state index contributed by atoms with van der Waals surface area (Å²) < 4.78 is 15.0. The fourth-order valence-electron chi connectivity index (χ4n) is 2.46. The second-order valence-electron chi connectivity index (χ2n) is 5.45. The number of hydrogen-bond donors (Lipinski definition) is 2. The van der Waals surface area contributed by atoms with Gasteiger partial charge in [-0.2, -0.15) is 0 Å². The van der Waals surface area contributed by atoms with Crippen molar-refractivity contribution in [2.24, 2.45) is 0 Å². The number of rotatable bonds is 3. The molecule has 2 heterocycles. The van der Waals surface area contributed by atoms with E-state index in [-0.39, 0.29) is 11.8 Å². The Bertz CT molecular complexity index is 1070. The van der Waals surface area contributed by atoms with Crippen molar-refractivity contribution in [1.29, 1.82) is 0 Å². The maximum absolute atomic E-state index is 12.9. The van der Waals surface area contributed by atoms with Crippen LogP contribution in [-0.4, -0.2) is 16.0 Å². The van der Waals surface area contributed by atoms with Crippen molar-refractivity contribution in [3.05, 3.63) is 52.8 Å². The highest BCUT2D eigenvalue weighted by Gasteiger charge is 2.12. The number of halogens is 1. The molecule has 0 bridgehead atoms. The van der Waals surface area contributed by atoms with Crippen LogP contribution in [0.15, 0.2) is 36.4 Å². The first-order valence-corrected chi connectivity index (χ1v) is 9.18. The summed E-state index contributed by atoms with van der Waals surface area (Å²) in [7, 11) is 0. The molecule has 0 radical (unpaired) electrons. The predicted octanol–water partition coefficient (Wildman–Crippen LogP) is 4.68. The normalized spacial score (nSPS) is 11.1.